The summed E-state index contributed by atoms with van der Waals surface area (Å²) in [5, 5.41) is 0. The van der Waals surface area contributed by atoms with Crippen molar-refractivity contribution in [3.05, 3.63) is 22.7 Å². The number of rotatable bonds is 0. The first-order chi connectivity index (χ1) is 6.77. The van der Waals surface area contributed by atoms with E-state index in [1.165, 1.54) is 12.8 Å². The Morgan fingerprint density at radius 3 is 2.57 bits per heavy atom. The number of fused-ring (bicyclic) bond motifs is 1. The third-order valence-electron chi connectivity index (χ3n) is 2.86. The fourth-order valence-electron chi connectivity index (χ4n) is 2.19. The molecule has 0 N–H and O–H groups in total. The zero-order chi connectivity index (χ0) is 9.60. The first-order valence-corrected chi connectivity index (χ1v) is 5.74. The second-order valence-corrected chi connectivity index (χ2v) is 4.83. The summed E-state index contributed by atoms with van der Waals surface area (Å²) in [4.78, 5) is 0. The van der Waals surface area contributed by atoms with Crippen LogP contribution in [0.25, 0.3) is 0 Å². The molecule has 2 aliphatic rings. The van der Waals surface area contributed by atoms with E-state index in [1.54, 1.807) is 0 Å². The average molecular weight is 255 g/mol. The molecule has 3 heteroatoms. The van der Waals surface area contributed by atoms with Crippen LogP contribution in [0.1, 0.15) is 25.7 Å². The molecule has 1 aromatic carbocycles. The third-order valence-corrected chi connectivity index (χ3v) is 3.36. The first kappa shape index (κ1) is 8.60. The Balaban J connectivity index is 1.96. The molecule has 2 nitrogen and oxygen atoms in total. The van der Waals surface area contributed by atoms with Gasteiger partial charge in [0, 0.05) is 17.3 Å². The highest BCUT2D eigenvalue weighted by atomic mass is 79.9. The molecule has 1 aliphatic carbocycles. The summed E-state index contributed by atoms with van der Waals surface area (Å²) >= 11 is 3.43. The van der Waals surface area contributed by atoms with Gasteiger partial charge in [-0.25, -0.2) is 0 Å². The van der Waals surface area contributed by atoms with Crippen molar-refractivity contribution in [1.82, 2.24) is 0 Å². The summed E-state index contributed by atoms with van der Waals surface area (Å²) < 4.78 is 12.8. The van der Waals surface area contributed by atoms with Gasteiger partial charge in [0.2, 0.25) is 0 Å². The Morgan fingerprint density at radius 1 is 1.07 bits per heavy atom. The van der Waals surface area contributed by atoms with E-state index in [1.807, 2.05) is 18.2 Å². The molecule has 0 radical (unpaired) electrons. The van der Waals surface area contributed by atoms with E-state index in [-0.39, 0.29) is 5.79 Å². The minimum absolute atomic E-state index is 0.330. The number of benzene rings is 1. The molecule has 0 amide bonds. The van der Waals surface area contributed by atoms with Gasteiger partial charge >= 0.3 is 0 Å². The van der Waals surface area contributed by atoms with E-state index in [9.17, 15) is 0 Å². The van der Waals surface area contributed by atoms with Gasteiger partial charge in [-0.3, -0.25) is 0 Å². The van der Waals surface area contributed by atoms with Crippen molar-refractivity contribution < 1.29 is 9.47 Å². The Labute approximate surface area is 91.3 Å². The highest BCUT2D eigenvalue weighted by Gasteiger charge is 2.43. The van der Waals surface area contributed by atoms with Crippen molar-refractivity contribution in [1.29, 1.82) is 0 Å². The Morgan fingerprint density at radius 2 is 1.79 bits per heavy atom. The van der Waals surface area contributed by atoms with Crippen LogP contribution in [-0.4, -0.2) is 5.79 Å². The van der Waals surface area contributed by atoms with Crippen molar-refractivity contribution in [3.63, 3.8) is 0 Å². The van der Waals surface area contributed by atoms with Crippen LogP contribution in [0.3, 0.4) is 0 Å². The monoisotopic (exact) mass is 254 g/mol. The van der Waals surface area contributed by atoms with Crippen LogP contribution in [-0.2, 0) is 0 Å². The number of hydrogen-bond acceptors (Lipinski definition) is 2. The summed E-state index contributed by atoms with van der Waals surface area (Å²) in [5.74, 6) is 1.43. The molecule has 1 spiro atoms. The minimum Gasteiger partial charge on any atom is -0.448 e. The van der Waals surface area contributed by atoms with E-state index in [4.69, 9.17) is 9.47 Å². The number of halogens is 1. The molecule has 0 unspecified atom stereocenters. The van der Waals surface area contributed by atoms with Gasteiger partial charge < -0.3 is 9.47 Å². The van der Waals surface area contributed by atoms with Crippen molar-refractivity contribution in [3.8, 4) is 11.5 Å². The highest BCUT2D eigenvalue weighted by Crippen LogP contribution is 2.47. The van der Waals surface area contributed by atoms with E-state index < -0.39 is 0 Å². The van der Waals surface area contributed by atoms with Crippen LogP contribution in [0.5, 0.6) is 11.5 Å². The molecule has 0 bridgehead atoms. The number of hydrogen-bond donors (Lipinski definition) is 0. The van der Waals surface area contributed by atoms with Gasteiger partial charge in [0.25, 0.3) is 5.79 Å². The standard InChI is InChI=1S/C11H11BrO2/c12-8-3-4-9-10(7-8)14-11(13-9)5-1-2-6-11/h3-4,7H,1-2,5-6H2. The van der Waals surface area contributed by atoms with Gasteiger partial charge in [-0.05, 0) is 31.0 Å². The zero-order valence-electron chi connectivity index (χ0n) is 7.75. The van der Waals surface area contributed by atoms with Crippen LogP contribution in [0.15, 0.2) is 22.7 Å². The molecular weight excluding hydrogens is 244 g/mol. The molecule has 14 heavy (non-hydrogen) atoms. The average Bonchev–Trinajstić information content (AvgIpc) is 2.72. The largest absolute Gasteiger partial charge is 0.448 e. The van der Waals surface area contributed by atoms with Crippen molar-refractivity contribution in [2.75, 3.05) is 0 Å². The molecule has 1 aliphatic heterocycles. The topological polar surface area (TPSA) is 18.5 Å². The van der Waals surface area contributed by atoms with E-state index in [0.717, 1.165) is 28.8 Å². The van der Waals surface area contributed by atoms with Gasteiger partial charge in [0.15, 0.2) is 11.5 Å². The van der Waals surface area contributed by atoms with Crippen LogP contribution in [0.4, 0.5) is 0 Å². The maximum absolute atomic E-state index is 5.88. The smallest absolute Gasteiger partial charge is 0.251 e. The fourth-order valence-corrected chi connectivity index (χ4v) is 2.53. The molecule has 0 saturated heterocycles. The van der Waals surface area contributed by atoms with Gasteiger partial charge in [-0.2, -0.15) is 0 Å². The lowest BCUT2D eigenvalue weighted by Gasteiger charge is -2.21. The highest BCUT2D eigenvalue weighted by molar-refractivity contribution is 9.10. The van der Waals surface area contributed by atoms with Crippen LogP contribution in [0.2, 0.25) is 0 Å². The van der Waals surface area contributed by atoms with Gasteiger partial charge in [0.1, 0.15) is 0 Å². The van der Waals surface area contributed by atoms with Crippen LogP contribution in [0, 0.1) is 0 Å². The maximum atomic E-state index is 5.88. The predicted octanol–water partition coefficient (Wildman–Crippen LogP) is 3.49. The summed E-state index contributed by atoms with van der Waals surface area (Å²) in [6, 6.07) is 5.92. The zero-order valence-corrected chi connectivity index (χ0v) is 9.34. The predicted molar refractivity (Wildman–Crippen MR) is 56.6 cm³/mol. The Kier molecular flexibility index (Phi) is 1.78. The summed E-state index contributed by atoms with van der Waals surface area (Å²) in [6.07, 6.45) is 4.43. The van der Waals surface area contributed by atoms with Crippen LogP contribution < -0.4 is 9.47 Å². The molecular formula is C11H11BrO2. The van der Waals surface area contributed by atoms with Crippen molar-refractivity contribution in [2.45, 2.75) is 31.5 Å². The quantitative estimate of drug-likeness (QED) is 0.706. The minimum atomic E-state index is -0.330. The molecule has 1 heterocycles. The second-order valence-electron chi connectivity index (χ2n) is 3.91. The van der Waals surface area contributed by atoms with Gasteiger partial charge in [0.05, 0.1) is 0 Å². The summed E-state index contributed by atoms with van der Waals surface area (Å²) in [5.41, 5.74) is 0. The van der Waals surface area contributed by atoms with Crippen LogP contribution >= 0.6 is 15.9 Å². The lowest BCUT2D eigenvalue weighted by molar-refractivity contribution is -0.0716. The van der Waals surface area contributed by atoms with E-state index in [0.29, 0.717) is 0 Å². The molecule has 3 rings (SSSR count). The SMILES string of the molecule is Brc1ccc2c(c1)OC1(CCCC1)O2. The third kappa shape index (κ3) is 1.22. The van der Waals surface area contributed by atoms with E-state index >= 15 is 0 Å². The molecule has 0 aromatic heterocycles. The molecule has 74 valence electrons. The molecule has 1 saturated carbocycles. The fraction of sp³-hybridized carbons (Fsp3) is 0.455. The van der Waals surface area contributed by atoms with E-state index in [2.05, 4.69) is 15.9 Å². The lowest BCUT2D eigenvalue weighted by Crippen LogP contribution is -2.34. The van der Waals surface area contributed by atoms with Gasteiger partial charge in [-0.15, -0.1) is 0 Å². The van der Waals surface area contributed by atoms with Gasteiger partial charge in [-0.1, -0.05) is 15.9 Å². The maximum Gasteiger partial charge on any atom is 0.251 e. The number of ether oxygens (including phenoxy) is 2. The van der Waals surface area contributed by atoms with Crippen molar-refractivity contribution in [2.24, 2.45) is 0 Å². The summed E-state index contributed by atoms with van der Waals surface area (Å²) in [6.45, 7) is 0. The van der Waals surface area contributed by atoms with Crippen molar-refractivity contribution >= 4 is 15.9 Å². The lowest BCUT2D eigenvalue weighted by atomic mass is 10.2. The second kappa shape index (κ2) is 2.89. The molecule has 1 aromatic rings. The summed E-state index contributed by atoms with van der Waals surface area (Å²) in [7, 11) is 0. The Bertz CT molecular complexity index is 370. The normalized spacial score (nSPS) is 21.8. The first-order valence-electron chi connectivity index (χ1n) is 4.95. The molecule has 0 atom stereocenters. The Hall–Kier alpha value is -0.700. The molecule has 1 fully saturated rings.